The Morgan fingerprint density at radius 3 is 2.67 bits per heavy atom. The van der Waals surface area contributed by atoms with Gasteiger partial charge in [-0.3, -0.25) is 0 Å². The molecular formula is C7H15N2O2P. The molecule has 1 unspecified atom stereocenters. The fraction of sp³-hybridized carbons (Fsp3) is 0.857. The van der Waals surface area contributed by atoms with Crippen molar-refractivity contribution in [3.8, 4) is 6.07 Å². The van der Waals surface area contributed by atoms with Crippen molar-refractivity contribution in [2.75, 3.05) is 26.4 Å². The van der Waals surface area contributed by atoms with Gasteiger partial charge in [-0.15, -0.1) is 0 Å². The van der Waals surface area contributed by atoms with Crippen molar-refractivity contribution in [2.45, 2.75) is 12.8 Å². The topological polar surface area (TPSA) is 68.3 Å². The number of hydrogen-bond acceptors (Lipinski definition) is 4. The summed E-state index contributed by atoms with van der Waals surface area (Å²) in [6.45, 7) is 3.62. The molecule has 0 aliphatic heterocycles. The Morgan fingerprint density at radius 1 is 1.42 bits per heavy atom. The fourth-order valence-electron chi connectivity index (χ4n) is 0.534. The lowest BCUT2D eigenvalue weighted by Gasteiger charge is -2.10. The van der Waals surface area contributed by atoms with Crippen molar-refractivity contribution < 1.29 is 9.05 Å². The van der Waals surface area contributed by atoms with Crippen molar-refractivity contribution in [1.82, 2.24) is 0 Å². The van der Waals surface area contributed by atoms with Crippen molar-refractivity contribution in [1.29, 1.82) is 5.26 Å². The van der Waals surface area contributed by atoms with Crippen LogP contribution in [0, 0.1) is 11.3 Å². The van der Waals surface area contributed by atoms with Gasteiger partial charge in [-0.1, -0.05) is 0 Å². The second-order valence-corrected chi connectivity index (χ2v) is 3.55. The Kier molecular flexibility index (Phi) is 8.74. The van der Waals surface area contributed by atoms with Crippen LogP contribution in [0.15, 0.2) is 0 Å². The summed E-state index contributed by atoms with van der Waals surface area (Å²) >= 11 is 0. The van der Waals surface area contributed by atoms with Crippen molar-refractivity contribution in [3.05, 3.63) is 0 Å². The molecule has 0 heterocycles. The van der Waals surface area contributed by atoms with Crippen LogP contribution in [0.3, 0.4) is 0 Å². The lowest BCUT2D eigenvalue weighted by atomic mass is 10.5. The van der Waals surface area contributed by atoms with Gasteiger partial charge < -0.3 is 14.8 Å². The van der Waals surface area contributed by atoms with Gasteiger partial charge in [0, 0.05) is 6.66 Å². The van der Waals surface area contributed by atoms with E-state index in [2.05, 4.69) is 0 Å². The molecule has 0 aromatic rings. The van der Waals surface area contributed by atoms with Gasteiger partial charge >= 0.3 is 0 Å². The smallest absolute Gasteiger partial charge is 0.167 e. The number of nitrogens with zero attached hydrogens (tertiary/aromatic N) is 1. The predicted octanol–water partition coefficient (Wildman–Crippen LogP) is 1.22. The minimum Gasteiger partial charge on any atom is -0.334 e. The molecule has 0 spiro atoms. The maximum Gasteiger partial charge on any atom is 0.167 e. The summed E-state index contributed by atoms with van der Waals surface area (Å²) in [6, 6.07) is 2.00. The van der Waals surface area contributed by atoms with Crippen LogP contribution in [0.5, 0.6) is 0 Å². The highest BCUT2D eigenvalue weighted by Gasteiger charge is 2.00. The van der Waals surface area contributed by atoms with Crippen molar-refractivity contribution in [2.24, 2.45) is 5.73 Å². The van der Waals surface area contributed by atoms with E-state index in [4.69, 9.17) is 20.0 Å². The maximum atomic E-state index is 8.21. The molecule has 1 atom stereocenters. The zero-order valence-corrected chi connectivity index (χ0v) is 8.22. The number of nitrogens with two attached hydrogens (primary N) is 1. The summed E-state index contributed by atoms with van der Waals surface area (Å²) in [5, 5.41) is 8.21. The summed E-state index contributed by atoms with van der Waals surface area (Å²) in [7, 11) is -0.810. The Labute approximate surface area is 74.6 Å². The molecule has 0 rings (SSSR count). The first-order valence-electron chi connectivity index (χ1n) is 3.88. The third kappa shape index (κ3) is 7.90. The van der Waals surface area contributed by atoms with Gasteiger partial charge in [0.15, 0.2) is 8.38 Å². The van der Waals surface area contributed by atoms with Gasteiger partial charge in [0.2, 0.25) is 0 Å². The Bertz CT molecular complexity index is 138. The highest BCUT2D eigenvalue weighted by Crippen LogP contribution is 2.33. The van der Waals surface area contributed by atoms with Crippen LogP contribution >= 0.6 is 8.38 Å². The zero-order valence-electron chi connectivity index (χ0n) is 7.32. The van der Waals surface area contributed by atoms with Crippen LogP contribution in [0.1, 0.15) is 12.8 Å². The summed E-state index contributed by atoms with van der Waals surface area (Å²) in [6.07, 6.45) is 1.28. The SMILES string of the molecule is CP(OCCC#N)OCCCN. The Balaban J connectivity index is 3.11. The van der Waals surface area contributed by atoms with Gasteiger partial charge in [0.25, 0.3) is 0 Å². The minimum absolute atomic E-state index is 0.424. The number of rotatable bonds is 7. The fourth-order valence-corrected chi connectivity index (χ4v) is 1.34. The molecule has 70 valence electrons. The van der Waals surface area contributed by atoms with Crippen LogP contribution in [-0.2, 0) is 9.05 Å². The number of hydrogen-bond donors (Lipinski definition) is 1. The van der Waals surface area contributed by atoms with Gasteiger partial charge in [-0.2, -0.15) is 5.26 Å². The molecule has 0 saturated heterocycles. The molecule has 0 aliphatic carbocycles. The van der Waals surface area contributed by atoms with Gasteiger partial charge in [0.05, 0.1) is 25.7 Å². The third-order valence-corrected chi connectivity index (χ3v) is 2.20. The quantitative estimate of drug-likeness (QED) is 0.484. The molecule has 0 bridgehead atoms. The summed E-state index contributed by atoms with van der Waals surface area (Å²) < 4.78 is 10.5. The first-order chi connectivity index (χ1) is 5.81. The molecule has 4 nitrogen and oxygen atoms in total. The predicted molar refractivity (Wildman–Crippen MR) is 48.6 cm³/mol. The highest BCUT2D eigenvalue weighted by atomic mass is 31.2. The van der Waals surface area contributed by atoms with E-state index in [1.165, 1.54) is 0 Å². The summed E-state index contributed by atoms with van der Waals surface area (Å²) in [5.41, 5.74) is 5.28. The van der Waals surface area contributed by atoms with Crippen LogP contribution in [0.2, 0.25) is 0 Å². The van der Waals surface area contributed by atoms with E-state index < -0.39 is 8.38 Å². The molecule has 0 radical (unpaired) electrons. The summed E-state index contributed by atoms with van der Waals surface area (Å²) in [5.74, 6) is 0. The van der Waals surface area contributed by atoms with Gasteiger partial charge in [-0.05, 0) is 13.0 Å². The normalized spacial score (nSPS) is 12.4. The molecule has 0 amide bonds. The van der Waals surface area contributed by atoms with Crippen LogP contribution < -0.4 is 5.73 Å². The molecule has 12 heavy (non-hydrogen) atoms. The molecule has 0 saturated carbocycles. The maximum absolute atomic E-state index is 8.21. The second-order valence-electron chi connectivity index (χ2n) is 2.16. The molecule has 0 fully saturated rings. The van der Waals surface area contributed by atoms with Crippen molar-refractivity contribution in [3.63, 3.8) is 0 Å². The van der Waals surface area contributed by atoms with Crippen LogP contribution in [-0.4, -0.2) is 26.4 Å². The molecule has 0 aromatic carbocycles. The largest absolute Gasteiger partial charge is 0.334 e. The lowest BCUT2D eigenvalue weighted by molar-refractivity contribution is 0.255. The molecular weight excluding hydrogens is 175 g/mol. The number of nitriles is 1. The monoisotopic (exact) mass is 190 g/mol. The molecule has 0 aromatic heterocycles. The zero-order chi connectivity index (χ0) is 9.23. The molecule has 5 heteroatoms. The first kappa shape index (κ1) is 11.8. The lowest BCUT2D eigenvalue weighted by Crippen LogP contribution is -2.03. The third-order valence-electron chi connectivity index (χ3n) is 1.11. The van der Waals surface area contributed by atoms with E-state index in [9.17, 15) is 0 Å². The Hall–Kier alpha value is -0.200. The van der Waals surface area contributed by atoms with Gasteiger partial charge in [0.1, 0.15) is 0 Å². The molecule has 0 aliphatic rings. The van der Waals surface area contributed by atoms with E-state index >= 15 is 0 Å². The van der Waals surface area contributed by atoms with Crippen LogP contribution in [0.4, 0.5) is 0 Å². The van der Waals surface area contributed by atoms with E-state index in [1.54, 1.807) is 0 Å². The van der Waals surface area contributed by atoms with Crippen LogP contribution in [0.25, 0.3) is 0 Å². The average molecular weight is 190 g/mol. The second kappa shape index (κ2) is 8.89. The van der Waals surface area contributed by atoms with Crippen molar-refractivity contribution >= 4 is 8.38 Å². The van der Waals surface area contributed by atoms with E-state index in [-0.39, 0.29) is 0 Å². The first-order valence-corrected chi connectivity index (χ1v) is 5.50. The summed E-state index contributed by atoms with van der Waals surface area (Å²) in [4.78, 5) is 0. The highest BCUT2D eigenvalue weighted by molar-refractivity contribution is 7.46. The van der Waals surface area contributed by atoms with E-state index in [0.29, 0.717) is 26.2 Å². The Morgan fingerprint density at radius 2 is 2.08 bits per heavy atom. The van der Waals surface area contributed by atoms with Gasteiger partial charge in [-0.25, -0.2) is 0 Å². The standard InChI is InChI=1S/C7H15N2O2P/c1-12(10-6-2-4-8)11-7-3-5-9/h2-4,6-8H2,1H3. The minimum atomic E-state index is -0.810. The molecule has 2 N–H and O–H groups in total. The average Bonchev–Trinajstić information content (AvgIpc) is 2.06. The van der Waals surface area contributed by atoms with E-state index in [1.807, 2.05) is 12.7 Å². The van der Waals surface area contributed by atoms with E-state index in [0.717, 1.165) is 6.42 Å².